The summed E-state index contributed by atoms with van der Waals surface area (Å²) in [6.45, 7) is 9.88. The molecule has 0 bridgehead atoms. The van der Waals surface area contributed by atoms with Crippen molar-refractivity contribution in [2.24, 2.45) is 5.41 Å². The molecule has 0 aromatic heterocycles. The molecule has 2 heteroatoms. The first-order valence-corrected chi connectivity index (χ1v) is 8.24. The highest BCUT2D eigenvalue weighted by Crippen LogP contribution is 2.43. The Morgan fingerprint density at radius 1 is 1.11 bits per heavy atom. The van der Waals surface area contributed by atoms with E-state index in [1.165, 1.54) is 77.5 Å². The van der Waals surface area contributed by atoms with Crippen LogP contribution >= 0.6 is 0 Å². The van der Waals surface area contributed by atoms with Crippen molar-refractivity contribution in [1.29, 1.82) is 0 Å². The van der Waals surface area contributed by atoms with Gasteiger partial charge in [-0.05, 0) is 70.0 Å². The van der Waals surface area contributed by atoms with E-state index in [2.05, 4.69) is 24.1 Å². The number of rotatable bonds is 6. The summed E-state index contributed by atoms with van der Waals surface area (Å²) in [5.41, 5.74) is 0.676. The van der Waals surface area contributed by atoms with Crippen LogP contribution < -0.4 is 5.32 Å². The summed E-state index contributed by atoms with van der Waals surface area (Å²) in [6, 6.07) is 0.788. The van der Waals surface area contributed by atoms with Crippen LogP contribution in [-0.2, 0) is 0 Å². The SMILES string of the molecule is CCCN1CCCC(NCC2(CC)CCC2)CC1. The molecule has 1 atom stereocenters. The Kier molecular flexibility index (Phi) is 5.50. The lowest BCUT2D eigenvalue weighted by atomic mass is 9.67. The third-order valence-corrected chi connectivity index (χ3v) is 5.29. The summed E-state index contributed by atoms with van der Waals surface area (Å²) in [5.74, 6) is 0. The van der Waals surface area contributed by atoms with Crippen molar-refractivity contribution in [3.05, 3.63) is 0 Å². The Morgan fingerprint density at radius 2 is 1.94 bits per heavy atom. The fraction of sp³-hybridized carbons (Fsp3) is 1.00. The van der Waals surface area contributed by atoms with Gasteiger partial charge in [-0.15, -0.1) is 0 Å². The Bertz CT molecular complexity index is 230. The summed E-state index contributed by atoms with van der Waals surface area (Å²) < 4.78 is 0. The Morgan fingerprint density at radius 3 is 2.56 bits per heavy atom. The van der Waals surface area contributed by atoms with Crippen molar-refractivity contribution >= 4 is 0 Å². The van der Waals surface area contributed by atoms with Gasteiger partial charge < -0.3 is 10.2 Å². The zero-order valence-corrected chi connectivity index (χ0v) is 12.5. The minimum atomic E-state index is 0.676. The number of hydrogen-bond donors (Lipinski definition) is 1. The van der Waals surface area contributed by atoms with E-state index in [9.17, 15) is 0 Å². The predicted octanol–water partition coefficient (Wildman–Crippen LogP) is 3.42. The molecular formula is C16H32N2. The average Bonchev–Trinajstić information content (AvgIpc) is 2.55. The van der Waals surface area contributed by atoms with Crippen LogP contribution in [0.5, 0.6) is 0 Å². The molecule has 1 N–H and O–H groups in total. The molecule has 0 amide bonds. The van der Waals surface area contributed by atoms with Gasteiger partial charge in [-0.2, -0.15) is 0 Å². The highest BCUT2D eigenvalue weighted by atomic mass is 15.1. The van der Waals surface area contributed by atoms with Gasteiger partial charge in [0.2, 0.25) is 0 Å². The molecule has 1 unspecified atom stereocenters. The third-order valence-electron chi connectivity index (χ3n) is 5.29. The van der Waals surface area contributed by atoms with E-state index < -0.39 is 0 Å². The largest absolute Gasteiger partial charge is 0.313 e. The lowest BCUT2D eigenvalue weighted by Crippen LogP contribution is -2.43. The molecule has 2 fully saturated rings. The number of nitrogens with zero attached hydrogens (tertiary/aromatic N) is 1. The second-order valence-corrected chi connectivity index (χ2v) is 6.56. The van der Waals surface area contributed by atoms with Crippen LogP contribution in [0.3, 0.4) is 0 Å². The quantitative estimate of drug-likeness (QED) is 0.779. The van der Waals surface area contributed by atoms with Crippen molar-refractivity contribution < 1.29 is 0 Å². The summed E-state index contributed by atoms with van der Waals surface area (Å²) >= 11 is 0. The Hall–Kier alpha value is -0.0800. The van der Waals surface area contributed by atoms with Crippen molar-refractivity contribution in [2.45, 2.75) is 71.3 Å². The molecule has 2 rings (SSSR count). The number of nitrogens with one attached hydrogen (secondary N) is 1. The maximum atomic E-state index is 3.89. The maximum Gasteiger partial charge on any atom is 0.00799 e. The summed E-state index contributed by atoms with van der Waals surface area (Å²) in [7, 11) is 0. The minimum Gasteiger partial charge on any atom is -0.313 e. The van der Waals surface area contributed by atoms with Gasteiger partial charge in [0.15, 0.2) is 0 Å². The van der Waals surface area contributed by atoms with Crippen molar-refractivity contribution in [2.75, 3.05) is 26.2 Å². The first kappa shape index (κ1) is 14.3. The fourth-order valence-electron chi connectivity index (χ4n) is 3.59. The molecule has 0 aromatic rings. The molecular weight excluding hydrogens is 220 g/mol. The van der Waals surface area contributed by atoms with Gasteiger partial charge in [-0.25, -0.2) is 0 Å². The first-order valence-electron chi connectivity index (χ1n) is 8.24. The molecule has 1 aliphatic carbocycles. The van der Waals surface area contributed by atoms with Gasteiger partial charge in [0, 0.05) is 12.6 Å². The van der Waals surface area contributed by atoms with Crippen LogP contribution in [0, 0.1) is 5.41 Å². The van der Waals surface area contributed by atoms with Gasteiger partial charge in [0.1, 0.15) is 0 Å². The van der Waals surface area contributed by atoms with Gasteiger partial charge in [-0.3, -0.25) is 0 Å². The summed E-state index contributed by atoms with van der Waals surface area (Å²) in [4.78, 5) is 2.65. The summed E-state index contributed by atoms with van der Waals surface area (Å²) in [5, 5.41) is 3.89. The van der Waals surface area contributed by atoms with E-state index in [1.807, 2.05) is 0 Å². The monoisotopic (exact) mass is 252 g/mol. The predicted molar refractivity (Wildman–Crippen MR) is 78.9 cm³/mol. The molecule has 1 saturated carbocycles. The molecule has 2 aliphatic rings. The fourth-order valence-corrected chi connectivity index (χ4v) is 3.59. The standard InChI is InChI=1S/C16H32N2/c1-3-11-18-12-5-7-15(8-13-18)17-14-16(4-2)9-6-10-16/h15,17H,3-14H2,1-2H3. The summed E-state index contributed by atoms with van der Waals surface area (Å²) in [6.07, 6.45) is 11.2. The molecule has 106 valence electrons. The van der Waals surface area contributed by atoms with Crippen LogP contribution in [0.15, 0.2) is 0 Å². The number of hydrogen-bond acceptors (Lipinski definition) is 2. The molecule has 1 heterocycles. The van der Waals surface area contributed by atoms with Crippen molar-refractivity contribution in [3.8, 4) is 0 Å². The van der Waals surface area contributed by atoms with Gasteiger partial charge in [-0.1, -0.05) is 20.3 Å². The van der Waals surface area contributed by atoms with E-state index >= 15 is 0 Å². The maximum absolute atomic E-state index is 3.89. The van der Waals surface area contributed by atoms with Gasteiger partial charge >= 0.3 is 0 Å². The molecule has 0 radical (unpaired) electrons. The topological polar surface area (TPSA) is 15.3 Å². The second-order valence-electron chi connectivity index (χ2n) is 6.56. The van der Waals surface area contributed by atoms with E-state index in [-0.39, 0.29) is 0 Å². The van der Waals surface area contributed by atoms with Crippen molar-refractivity contribution in [1.82, 2.24) is 10.2 Å². The smallest absolute Gasteiger partial charge is 0.00799 e. The van der Waals surface area contributed by atoms with Crippen LogP contribution in [0.2, 0.25) is 0 Å². The molecule has 0 spiro atoms. The lowest BCUT2D eigenvalue weighted by molar-refractivity contribution is 0.117. The Labute approximate surface area is 114 Å². The zero-order valence-electron chi connectivity index (χ0n) is 12.5. The first-order chi connectivity index (χ1) is 8.78. The molecule has 0 aromatic carbocycles. The van der Waals surface area contributed by atoms with E-state index in [0.29, 0.717) is 5.41 Å². The van der Waals surface area contributed by atoms with E-state index in [1.54, 1.807) is 0 Å². The van der Waals surface area contributed by atoms with Crippen LogP contribution in [0.4, 0.5) is 0 Å². The Balaban J connectivity index is 1.70. The van der Waals surface area contributed by atoms with E-state index in [4.69, 9.17) is 0 Å². The number of likely N-dealkylation sites (tertiary alicyclic amines) is 1. The lowest BCUT2D eigenvalue weighted by Gasteiger charge is -2.42. The molecule has 2 nitrogen and oxygen atoms in total. The highest BCUT2D eigenvalue weighted by Gasteiger charge is 2.35. The molecule has 18 heavy (non-hydrogen) atoms. The average molecular weight is 252 g/mol. The van der Waals surface area contributed by atoms with Gasteiger partial charge in [0.25, 0.3) is 0 Å². The normalized spacial score (nSPS) is 28.7. The third kappa shape index (κ3) is 3.71. The highest BCUT2D eigenvalue weighted by molar-refractivity contribution is 4.89. The zero-order chi connectivity index (χ0) is 12.8. The molecule has 1 saturated heterocycles. The second kappa shape index (κ2) is 6.91. The minimum absolute atomic E-state index is 0.676. The van der Waals surface area contributed by atoms with Crippen molar-refractivity contribution in [3.63, 3.8) is 0 Å². The van der Waals surface area contributed by atoms with Gasteiger partial charge in [0.05, 0.1) is 0 Å². The van der Waals surface area contributed by atoms with Crippen LogP contribution in [0.1, 0.15) is 65.2 Å². The van der Waals surface area contributed by atoms with Crippen LogP contribution in [-0.4, -0.2) is 37.1 Å². The molecule has 1 aliphatic heterocycles. The van der Waals surface area contributed by atoms with Crippen LogP contribution in [0.25, 0.3) is 0 Å². The van der Waals surface area contributed by atoms with E-state index in [0.717, 1.165) is 6.04 Å².